The molecule has 1 aromatic rings. The van der Waals surface area contributed by atoms with Crippen LogP contribution in [0.4, 0.5) is 5.69 Å². The number of aliphatic carboxylic acids is 1. The summed E-state index contributed by atoms with van der Waals surface area (Å²) in [4.78, 5) is 28.1. The van der Waals surface area contributed by atoms with Crippen LogP contribution in [0, 0.1) is 5.92 Å². The molecule has 5 nitrogen and oxygen atoms in total. The van der Waals surface area contributed by atoms with E-state index >= 15 is 0 Å². The van der Waals surface area contributed by atoms with Crippen molar-refractivity contribution in [1.82, 2.24) is 4.90 Å². The summed E-state index contributed by atoms with van der Waals surface area (Å²) in [6, 6.07) is 6.84. The summed E-state index contributed by atoms with van der Waals surface area (Å²) in [6.07, 6.45) is 2.41. The molecule has 7 heteroatoms. The second-order valence-corrected chi connectivity index (χ2v) is 7.88. The quantitative estimate of drug-likeness (QED) is 0.604. The zero-order valence-electron chi connectivity index (χ0n) is 14.7. The van der Waals surface area contributed by atoms with Crippen LogP contribution in [0.3, 0.4) is 0 Å². The highest BCUT2D eigenvalue weighted by Crippen LogP contribution is 2.36. The van der Waals surface area contributed by atoms with Crippen molar-refractivity contribution in [2.75, 3.05) is 19.0 Å². The van der Waals surface area contributed by atoms with E-state index in [1.54, 1.807) is 6.08 Å². The molecular weight excluding hydrogens is 356 g/mol. The molecule has 0 radical (unpaired) electrons. The Morgan fingerprint density at radius 2 is 1.96 bits per heavy atom. The molecule has 0 bridgehead atoms. The van der Waals surface area contributed by atoms with E-state index in [0.717, 1.165) is 23.0 Å². The van der Waals surface area contributed by atoms with Gasteiger partial charge in [-0.1, -0.05) is 56.4 Å². The number of hydrogen-bond donors (Lipinski definition) is 1. The number of carbonyl (C=O) groups excluding carboxylic acids is 1. The van der Waals surface area contributed by atoms with Crippen LogP contribution in [-0.2, 0) is 9.59 Å². The van der Waals surface area contributed by atoms with Gasteiger partial charge >= 0.3 is 5.97 Å². The van der Waals surface area contributed by atoms with Gasteiger partial charge in [0.2, 0.25) is 0 Å². The van der Waals surface area contributed by atoms with Gasteiger partial charge in [0.15, 0.2) is 0 Å². The Morgan fingerprint density at radius 1 is 1.36 bits per heavy atom. The lowest BCUT2D eigenvalue weighted by atomic mass is 9.98. The van der Waals surface area contributed by atoms with Crippen LogP contribution in [0.25, 0.3) is 6.08 Å². The van der Waals surface area contributed by atoms with Crippen LogP contribution in [-0.4, -0.2) is 46.3 Å². The van der Waals surface area contributed by atoms with Crippen LogP contribution in [0.15, 0.2) is 29.2 Å². The van der Waals surface area contributed by atoms with Crippen molar-refractivity contribution in [3.8, 4) is 0 Å². The van der Waals surface area contributed by atoms with Crippen LogP contribution in [0.1, 0.15) is 25.8 Å². The highest BCUT2D eigenvalue weighted by molar-refractivity contribution is 8.26. The first-order chi connectivity index (χ1) is 11.8. The fraction of sp³-hybridized carbons (Fsp3) is 0.389. The molecule has 1 N–H and O–H groups in total. The van der Waals surface area contributed by atoms with E-state index in [2.05, 4.69) is 0 Å². The summed E-state index contributed by atoms with van der Waals surface area (Å²) >= 11 is 6.44. The van der Waals surface area contributed by atoms with Crippen LogP contribution in [0.5, 0.6) is 0 Å². The predicted octanol–water partition coefficient (Wildman–Crippen LogP) is 3.45. The van der Waals surface area contributed by atoms with E-state index in [4.69, 9.17) is 12.2 Å². The number of carboxylic acids is 1. The summed E-state index contributed by atoms with van der Waals surface area (Å²) in [7, 11) is 3.92. The lowest BCUT2D eigenvalue weighted by Gasteiger charge is -2.27. The first-order valence-electron chi connectivity index (χ1n) is 8.03. The van der Waals surface area contributed by atoms with Gasteiger partial charge in [-0.15, -0.1) is 0 Å². The van der Waals surface area contributed by atoms with E-state index in [0.29, 0.717) is 15.6 Å². The first-order valence-corrected chi connectivity index (χ1v) is 9.26. The van der Waals surface area contributed by atoms with Gasteiger partial charge in [-0.05, 0) is 29.7 Å². The van der Waals surface area contributed by atoms with Gasteiger partial charge in [0.25, 0.3) is 5.91 Å². The highest BCUT2D eigenvalue weighted by atomic mass is 32.2. The molecule has 1 saturated heterocycles. The third kappa shape index (κ3) is 4.22. The first kappa shape index (κ1) is 19.5. The Bertz CT molecular complexity index is 714. The van der Waals surface area contributed by atoms with Gasteiger partial charge in [-0.25, -0.2) is 4.79 Å². The maximum absolute atomic E-state index is 12.7. The topological polar surface area (TPSA) is 60.9 Å². The Kier molecular flexibility index (Phi) is 6.24. The summed E-state index contributed by atoms with van der Waals surface area (Å²) < 4.78 is 0.300. The molecule has 134 valence electrons. The van der Waals surface area contributed by atoms with Crippen molar-refractivity contribution in [2.45, 2.75) is 26.3 Å². The predicted molar refractivity (Wildman–Crippen MR) is 107 cm³/mol. The number of benzene rings is 1. The second-order valence-electron chi connectivity index (χ2n) is 6.21. The lowest BCUT2D eigenvalue weighted by molar-refractivity contribution is -0.147. The molecule has 1 heterocycles. The number of hydrogen-bond acceptors (Lipinski definition) is 5. The van der Waals surface area contributed by atoms with Crippen molar-refractivity contribution >= 4 is 51.9 Å². The molecule has 2 rings (SSSR count). The number of thioether (sulfide) groups is 1. The molecule has 1 amide bonds. The van der Waals surface area contributed by atoms with E-state index < -0.39 is 12.0 Å². The van der Waals surface area contributed by atoms with E-state index in [1.165, 1.54) is 4.90 Å². The average molecular weight is 379 g/mol. The smallest absolute Gasteiger partial charge is 0.327 e. The third-order valence-corrected chi connectivity index (χ3v) is 5.58. The van der Waals surface area contributed by atoms with Gasteiger partial charge in [-0.3, -0.25) is 9.69 Å². The molecule has 1 aromatic carbocycles. The summed E-state index contributed by atoms with van der Waals surface area (Å²) in [6.45, 7) is 3.72. The number of carbonyl (C=O) groups is 2. The molecule has 1 aliphatic rings. The number of amides is 1. The van der Waals surface area contributed by atoms with E-state index in [1.807, 2.05) is 57.1 Å². The van der Waals surface area contributed by atoms with Crippen molar-refractivity contribution in [2.24, 2.45) is 5.92 Å². The number of thiocarbonyl (C=S) groups is 1. The summed E-state index contributed by atoms with van der Waals surface area (Å²) in [5.74, 6) is -1.54. The third-order valence-electron chi connectivity index (χ3n) is 4.24. The van der Waals surface area contributed by atoms with Crippen molar-refractivity contribution in [3.63, 3.8) is 0 Å². The molecule has 25 heavy (non-hydrogen) atoms. The van der Waals surface area contributed by atoms with E-state index in [-0.39, 0.29) is 11.8 Å². The maximum atomic E-state index is 12.7. The normalized spacial score (nSPS) is 18.6. The molecule has 1 fully saturated rings. The molecule has 1 aliphatic heterocycles. The van der Waals surface area contributed by atoms with Gasteiger partial charge in [0.05, 0.1) is 4.91 Å². The Labute approximate surface area is 157 Å². The zero-order chi connectivity index (χ0) is 18.7. The zero-order valence-corrected chi connectivity index (χ0v) is 16.4. The minimum absolute atomic E-state index is 0.182. The van der Waals surface area contributed by atoms with Crippen LogP contribution in [0.2, 0.25) is 0 Å². The fourth-order valence-electron chi connectivity index (χ4n) is 2.57. The monoisotopic (exact) mass is 378 g/mol. The molecule has 0 spiro atoms. The van der Waals surface area contributed by atoms with Crippen molar-refractivity contribution in [3.05, 3.63) is 34.7 Å². The average Bonchev–Trinajstić information content (AvgIpc) is 2.82. The highest BCUT2D eigenvalue weighted by Gasteiger charge is 2.42. The summed E-state index contributed by atoms with van der Waals surface area (Å²) in [5.41, 5.74) is 1.94. The Morgan fingerprint density at radius 3 is 2.44 bits per heavy atom. The molecule has 0 aromatic heterocycles. The van der Waals surface area contributed by atoms with Gasteiger partial charge in [-0.2, -0.15) is 0 Å². The summed E-state index contributed by atoms with van der Waals surface area (Å²) in [5, 5.41) is 9.54. The fourth-order valence-corrected chi connectivity index (χ4v) is 3.90. The van der Waals surface area contributed by atoms with Crippen LogP contribution >= 0.6 is 24.0 Å². The largest absolute Gasteiger partial charge is 0.480 e. The number of nitrogens with zero attached hydrogens (tertiary/aromatic N) is 2. The second kappa shape index (κ2) is 8.01. The van der Waals surface area contributed by atoms with E-state index in [9.17, 15) is 14.7 Å². The number of anilines is 1. The van der Waals surface area contributed by atoms with Gasteiger partial charge in [0, 0.05) is 19.8 Å². The lowest BCUT2D eigenvalue weighted by Crippen LogP contribution is -2.47. The van der Waals surface area contributed by atoms with Crippen molar-refractivity contribution < 1.29 is 14.7 Å². The minimum atomic E-state index is -1.03. The Hall–Kier alpha value is -1.86. The number of rotatable bonds is 6. The molecule has 2 unspecified atom stereocenters. The van der Waals surface area contributed by atoms with Crippen molar-refractivity contribution in [1.29, 1.82) is 0 Å². The van der Waals surface area contributed by atoms with Crippen LogP contribution < -0.4 is 4.90 Å². The molecule has 2 atom stereocenters. The Balaban J connectivity index is 2.29. The molecule has 0 aliphatic carbocycles. The maximum Gasteiger partial charge on any atom is 0.327 e. The van der Waals surface area contributed by atoms with Gasteiger partial charge in [0.1, 0.15) is 10.4 Å². The number of carboxylic acid groups (broad SMARTS) is 1. The SMILES string of the molecule is CCC(C)C(C(=O)O)N1C(=O)/C(=C/c2ccc(N(C)C)cc2)SC1=S. The minimum Gasteiger partial charge on any atom is -0.480 e. The molecule has 0 saturated carbocycles. The standard InChI is InChI=1S/C18H22N2O3S2/c1-5-11(2)15(17(22)23)20-16(21)14(25-18(20)24)10-12-6-8-13(9-7-12)19(3)4/h6-11,15H,5H2,1-4H3,(H,22,23)/b14-10-. The van der Waals surface area contributed by atoms with Gasteiger partial charge < -0.3 is 10.0 Å². The molecular formula is C18H22N2O3S2.